The first-order valence-electron chi connectivity index (χ1n) is 6.36. The molecule has 0 spiro atoms. The van der Waals surface area contributed by atoms with Crippen LogP contribution in [0.4, 0.5) is 0 Å². The molecule has 2 aromatic rings. The number of fused-ring (bicyclic) bond motifs is 1. The van der Waals surface area contributed by atoms with Gasteiger partial charge in [-0.3, -0.25) is 0 Å². The van der Waals surface area contributed by atoms with Crippen molar-refractivity contribution in [3.8, 4) is 5.75 Å². The number of ether oxygens (including phenoxy) is 1. The zero-order chi connectivity index (χ0) is 13.4. The second-order valence-electron chi connectivity index (χ2n) is 4.61. The molecule has 0 amide bonds. The Balaban J connectivity index is 2.07. The summed E-state index contributed by atoms with van der Waals surface area (Å²) in [6, 6.07) is 6.05. The highest BCUT2D eigenvalue weighted by Crippen LogP contribution is 2.43. The Morgan fingerprint density at radius 3 is 3.05 bits per heavy atom. The number of hydrogen-bond acceptors (Lipinski definition) is 2. The van der Waals surface area contributed by atoms with Crippen LogP contribution in [-0.2, 0) is 12.8 Å². The van der Waals surface area contributed by atoms with Crippen molar-refractivity contribution >= 4 is 34.5 Å². The number of benzene rings is 1. The van der Waals surface area contributed by atoms with Gasteiger partial charge < -0.3 is 4.74 Å². The highest BCUT2D eigenvalue weighted by atomic mass is 35.5. The van der Waals surface area contributed by atoms with E-state index in [0.29, 0.717) is 0 Å². The van der Waals surface area contributed by atoms with Crippen LogP contribution in [0.1, 0.15) is 33.9 Å². The quantitative estimate of drug-likeness (QED) is 0.705. The lowest BCUT2D eigenvalue weighted by Gasteiger charge is -2.15. The van der Waals surface area contributed by atoms with Crippen LogP contribution < -0.4 is 4.74 Å². The van der Waals surface area contributed by atoms with Gasteiger partial charge in [0.05, 0.1) is 12.0 Å². The topological polar surface area (TPSA) is 9.23 Å². The number of hydrogen-bond donors (Lipinski definition) is 0. The molecule has 100 valence electrons. The molecule has 1 nitrogen and oxygen atoms in total. The predicted molar refractivity (Wildman–Crippen MR) is 82.0 cm³/mol. The lowest BCUT2D eigenvalue weighted by atomic mass is 10.0. The van der Waals surface area contributed by atoms with Gasteiger partial charge in [-0.1, -0.05) is 18.5 Å². The minimum Gasteiger partial charge on any atom is -0.493 e. The van der Waals surface area contributed by atoms with E-state index in [2.05, 4.69) is 18.4 Å². The van der Waals surface area contributed by atoms with Gasteiger partial charge in [0, 0.05) is 21.9 Å². The summed E-state index contributed by atoms with van der Waals surface area (Å²) in [6.07, 6.45) is 1.91. The van der Waals surface area contributed by atoms with Crippen molar-refractivity contribution in [3.05, 3.63) is 50.2 Å². The maximum absolute atomic E-state index is 6.68. The molecule has 19 heavy (non-hydrogen) atoms. The zero-order valence-corrected chi connectivity index (χ0v) is 12.9. The number of thiophene rings is 1. The van der Waals surface area contributed by atoms with Crippen molar-refractivity contribution in [1.82, 2.24) is 0 Å². The summed E-state index contributed by atoms with van der Waals surface area (Å²) in [4.78, 5) is 1.20. The maximum atomic E-state index is 6.68. The highest BCUT2D eigenvalue weighted by molar-refractivity contribution is 7.10. The van der Waals surface area contributed by atoms with Crippen LogP contribution in [0.2, 0.25) is 5.02 Å². The number of halogens is 2. The molecule has 1 atom stereocenters. The number of alkyl halides is 1. The zero-order valence-electron chi connectivity index (χ0n) is 10.6. The highest BCUT2D eigenvalue weighted by Gasteiger charge is 2.25. The van der Waals surface area contributed by atoms with Crippen LogP contribution in [0.5, 0.6) is 5.75 Å². The van der Waals surface area contributed by atoms with Gasteiger partial charge in [-0.25, -0.2) is 0 Å². The molecule has 0 aliphatic carbocycles. The van der Waals surface area contributed by atoms with E-state index in [4.69, 9.17) is 27.9 Å². The van der Waals surface area contributed by atoms with E-state index in [0.717, 1.165) is 35.8 Å². The largest absolute Gasteiger partial charge is 0.493 e. The van der Waals surface area contributed by atoms with E-state index >= 15 is 0 Å². The van der Waals surface area contributed by atoms with Crippen LogP contribution in [0, 0.1) is 0 Å². The van der Waals surface area contributed by atoms with Crippen molar-refractivity contribution in [1.29, 1.82) is 0 Å². The monoisotopic (exact) mass is 312 g/mol. The summed E-state index contributed by atoms with van der Waals surface area (Å²) < 4.78 is 5.74. The summed E-state index contributed by atoms with van der Waals surface area (Å²) in [5.41, 5.74) is 3.47. The molecular formula is C15H14Cl2OS. The van der Waals surface area contributed by atoms with Gasteiger partial charge in [0.2, 0.25) is 0 Å². The number of aryl methyl sites for hydroxylation is 1. The minimum absolute atomic E-state index is 0.180. The summed E-state index contributed by atoms with van der Waals surface area (Å²) >= 11 is 14.6. The molecule has 3 rings (SSSR count). The van der Waals surface area contributed by atoms with E-state index in [1.165, 1.54) is 16.0 Å². The fourth-order valence-corrected chi connectivity index (χ4v) is 4.18. The van der Waals surface area contributed by atoms with Gasteiger partial charge in [-0.15, -0.1) is 22.9 Å². The molecule has 0 fully saturated rings. The van der Waals surface area contributed by atoms with Crippen molar-refractivity contribution in [2.45, 2.75) is 25.1 Å². The van der Waals surface area contributed by atoms with Crippen LogP contribution in [-0.4, -0.2) is 6.61 Å². The Labute approximate surface area is 127 Å². The Bertz CT molecular complexity index is 606. The first kappa shape index (κ1) is 13.3. The number of rotatable bonds is 3. The predicted octanol–water partition coefficient (Wildman–Crippen LogP) is 5.23. The molecule has 0 saturated heterocycles. The normalized spacial score (nSPS) is 15.1. The average Bonchev–Trinajstić information content (AvgIpc) is 3.04. The van der Waals surface area contributed by atoms with Gasteiger partial charge in [0.25, 0.3) is 0 Å². The lowest BCUT2D eigenvalue weighted by molar-refractivity contribution is 0.354. The van der Waals surface area contributed by atoms with E-state index in [1.807, 2.05) is 12.1 Å². The molecule has 0 N–H and O–H groups in total. The maximum Gasteiger partial charge on any atom is 0.127 e. The second-order valence-corrected chi connectivity index (χ2v) is 6.43. The second kappa shape index (κ2) is 5.35. The Hall–Kier alpha value is -0.700. The van der Waals surface area contributed by atoms with E-state index in [1.54, 1.807) is 11.3 Å². The van der Waals surface area contributed by atoms with Gasteiger partial charge in [0.15, 0.2) is 0 Å². The average molecular weight is 313 g/mol. The van der Waals surface area contributed by atoms with Gasteiger partial charge in [0.1, 0.15) is 5.75 Å². The summed E-state index contributed by atoms with van der Waals surface area (Å²) in [7, 11) is 0. The third-order valence-corrected chi connectivity index (χ3v) is 5.27. The van der Waals surface area contributed by atoms with Gasteiger partial charge in [-0.2, -0.15) is 0 Å². The molecule has 1 aromatic heterocycles. The minimum atomic E-state index is -0.180. The lowest BCUT2D eigenvalue weighted by Crippen LogP contribution is -1.98. The van der Waals surface area contributed by atoms with E-state index in [9.17, 15) is 0 Å². The first-order chi connectivity index (χ1) is 9.20. The third-order valence-electron chi connectivity index (χ3n) is 3.44. The van der Waals surface area contributed by atoms with Crippen molar-refractivity contribution in [2.75, 3.05) is 6.61 Å². The standard InChI is InChI=1S/C15H14Cl2OS/c1-2-9-4-6-19-15(9)13(17)12-8-11(16)7-10-3-5-18-14(10)12/h4,6-8,13H,2-3,5H2,1H3. The van der Waals surface area contributed by atoms with Crippen LogP contribution in [0.15, 0.2) is 23.6 Å². The fraction of sp³-hybridized carbons (Fsp3) is 0.333. The molecule has 4 heteroatoms. The summed E-state index contributed by atoms with van der Waals surface area (Å²) in [6.45, 7) is 2.87. The van der Waals surface area contributed by atoms with Crippen LogP contribution in [0.3, 0.4) is 0 Å². The van der Waals surface area contributed by atoms with Crippen molar-refractivity contribution in [2.24, 2.45) is 0 Å². The molecule has 0 radical (unpaired) electrons. The molecule has 1 aliphatic heterocycles. The van der Waals surface area contributed by atoms with Crippen molar-refractivity contribution in [3.63, 3.8) is 0 Å². The molecular weight excluding hydrogens is 299 g/mol. The molecule has 1 aromatic carbocycles. The van der Waals surface area contributed by atoms with Crippen molar-refractivity contribution < 1.29 is 4.74 Å². The fourth-order valence-electron chi connectivity index (χ4n) is 2.49. The first-order valence-corrected chi connectivity index (χ1v) is 8.05. The van der Waals surface area contributed by atoms with E-state index < -0.39 is 0 Å². The van der Waals surface area contributed by atoms with E-state index in [-0.39, 0.29) is 5.38 Å². The van der Waals surface area contributed by atoms with Gasteiger partial charge >= 0.3 is 0 Å². The molecule has 0 bridgehead atoms. The SMILES string of the molecule is CCc1ccsc1C(Cl)c1cc(Cl)cc2c1OCC2. The Morgan fingerprint density at radius 2 is 2.26 bits per heavy atom. The van der Waals surface area contributed by atoms with Crippen LogP contribution >= 0.6 is 34.5 Å². The third kappa shape index (κ3) is 2.37. The molecule has 1 unspecified atom stereocenters. The summed E-state index contributed by atoms with van der Waals surface area (Å²) in [5, 5.41) is 2.65. The molecule has 2 heterocycles. The molecule has 1 aliphatic rings. The summed E-state index contributed by atoms with van der Waals surface area (Å²) in [5.74, 6) is 0.930. The molecule has 0 saturated carbocycles. The van der Waals surface area contributed by atoms with Crippen LogP contribution in [0.25, 0.3) is 0 Å². The Kier molecular flexibility index (Phi) is 3.75. The Morgan fingerprint density at radius 1 is 1.42 bits per heavy atom. The smallest absolute Gasteiger partial charge is 0.127 e. The van der Waals surface area contributed by atoms with Gasteiger partial charge in [-0.05, 0) is 41.1 Å².